The Morgan fingerprint density at radius 1 is 1.28 bits per heavy atom. The number of rotatable bonds is 8. The molecule has 1 aliphatic rings. The molecule has 0 bridgehead atoms. The summed E-state index contributed by atoms with van der Waals surface area (Å²) in [5, 5.41) is 8.67. The second-order valence-corrected chi connectivity index (χ2v) is 8.26. The minimum atomic E-state index is -0.937. The molecule has 2 atom stereocenters. The van der Waals surface area contributed by atoms with Crippen molar-refractivity contribution in [3.8, 4) is 0 Å². The number of carbonyl (C=O) groups is 3. The van der Waals surface area contributed by atoms with Gasteiger partial charge >= 0.3 is 12.0 Å². The summed E-state index contributed by atoms with van der Waals surface area (Å²) in [6, 6.07) is 8.36. The quantitative estimate of drug-likeness (QED) is 0.584. The van der Waals surface area contributed by atoms with Crippen LogP contribution in [0.5, 0.6) is 0 Å². The molecule has 0 fully saturated rings. The fourth-order valence-corrected chi connectivity index (χ4v) is 3.54. The highest BCUT2D eigenvalue weighted by Crippen LogP contribution is 2.33. The molecule has 1 aromatic carbocycles. The molecule has 1 aliphatic heterocycles. The van der Waals surface area contributed by atoms with Gasteiger partial charge in [0.05, 0.1) is 12.0 Å². The van der Waals surface area contributed by atoms with Gasteiger partial charge in [-0.25, -0.2) is 14.6 Å². The van der Waals surface area contributed by atoms with Crippen molar-refractivity contribution in [3.05, 3.63) is 59.0 Å². The van der Waals surface area contributed by atoms with Gasteiger partial charge in [0, 0.05) is 11.4 Å². The minimum absolute atomic E-state index is 0.101. The van der Waals surface area contributed by atoms with Crippen LogP contribution >= 0.6 is 11.6 Å². The number of hydrazone groups is 1. The van der Waals surface area contributed by atoms with E-state index in [0.29, 0.717) is 29.3 Å². The fourth-order valence-electron chi connectivity index (χ4n) is 3.42. The maximum Gasteiger partial charge on any atom is 0.329 e. The minimum Gasteiger partial charge on any atom is -0.467 e. The van der Waals surface area contributed by atoms with Crippen LogP contribution < -0.4 is 11.1 Å². The molecule has 2 aromatic rings. The van der Waals surface area contributed by atoms with E-state index in [1.54, 1.807) is 24.3 Å². The summed E-state index contributed by atoms with van der Waals surface area (Å²) in [4.78, 5) is 36.6. The highest BCUT2D eigenvalue weighted by Gasteiger charge is 2.35. The largest absolute Gasteiger partial charge is 0.467 e. The Morgan fingerprint density at radius 3 is 2.59 bits per heavy atom. The van der Waals surface area contributed by atoms with Crippen LogP contribution in [-0.2, 0) is 14.3 Å². The molecule has 10 heteroatoms. The molecule has 0 aliphatic carbocycles. The van der Waals surface area contributed by atoms with Crippen LogP contribution in [0.2, 0.25) is 5.02 Å². The zero-order valence-corrected chi connectivity index (χ0v) is 18.5. The van der Waals surface area contributed by atoms with Crippen molar-refractivity contribution in [2.75, 3.05) is 6.61 Å². The van der Waals surface area contributed by atoms with Crippen LogP contribution in [0, 0.1) is 5.92 Å². The number of benzene rings is 1. The number of amides is 3. The van der Waals surface area contributed by atoms with Crippen molar-refractivity contribution in [3.63, 3.8) is 0 Å². The summed E-state index contributed by atoms with van der Waals surface area (Å²) < 4.78 is 10.7. The van der Waals surface area contributed by atoms with Crippen LogP contribution in [0.25, 0.3) is 0 Å². The lowest BCUT2D eigenvalue weighted by Crippen LogP contribution is -2.46. The smallest absolute Gasteiger partial charge is 0.329 e. The third-order valence-corrected chi connectivity index (χ3v) is 5.11. The van der Waals surface area contributed by atoms with Crippen LogP contribution in [0.1, 0.15) is 44.1 Å². The molecule has 2 heterocycles. The molecule has 32 heavy (non-hydrogen) atoms. The predicted octanol–water partition coefficient (Wildman–Crippen LogP) is 3.24. The monoisotopic (exact) mass is 460 g/mol. The molecule has 0 unspecified atom stereocenters. The third kappa shape index (κ3) is 5.88. The van der Waals surface area contributed by atoms with Crippen molar-refractivity contribution in [2.45, 2.75) is 38.8 Å². The lowest BCUT2D eigenvalue weighted by Gasteiger charge is -2.21. The fraction of sp³-hybridized carbons (Fsp3) is 0.364. The molecule has 1 aromatic heterocycles. The third-order valence-electron chi connectivity index (χ3n) is 4.86. The van der Waals surface area contributed by atoms with Gasteiger partial charge in [0.15, 0.2) is 6.61 Å². The van der Waals surface area contributed by atoms with Crippen LogP contribution in [0.15, 0.2) is 52.2 Å². The van der Waals surface area contributed by atoms with Gasteiger partial charge in [-0.3, -0.25) is 4.79 Å². The van der Waals surface area contributed by atoms with Crippen molar-refractivity contribution >= 4 is 35.2 Å². The predicted molar refractivity (Wildman–Crippen MR) is 118 cm³/mol. The van der Waals surface area contributed by atoms with E-state index in [9.17, 15) is 14.4 Å². The number of esters is 1. The second kappa shape index (κ2) is 10.3. The number of urea groups is 1. The van der Waals surface area contributed by atoms with E-state index in [-0.39, 0.29) is 5.92 Å². The zero-order valence-electron chi connectivity index (χ0n) is 17.8. The molecular weight excluding hydrogens is 436 g/mol. The summed E-state index contributed by atoms with van der Waals surface area (Å²) in [5.41, 5.74) is 6.64. The van der Waals surface area contributed by atoms with Crippen LogP contribution in [0.3, 0.4) is 0 Å². The van der Waals surface area contributed by atoms with Gasteiger partial charge in [-0.15, -0.1) is 0 Å². The van der Waals surface area contributed by atoms with Crippen molar-refractivity contribution in [2.24, 2.45) is 16.8 Å². The van der Waals surface area contributed by atoms with Crippen molar-refractivity contribution in [1.29, 1.82) is 0 Å². The Hall–Kier alpha value is -3.33. The molecule has 170 valence electrons. The number of ether oxygens (including phenoxy) is 1. The molecule has 0 radical (unpaired) electrons. The standard InChI is InChI=1S/C22H25ClN4O5/c1-13(2)10-17(25-22(24)30)21(29)32-12-20(28)27-18(19-4-3-9-31-19)11-16(26-27)14-5-7-15(23)8-6-14/h3-9,13,17-18H,10-12H2,1-2H3,(H3,24,25,30)/t17-,18+/m0/s1. The highest BCUT2D eigenvalue weighted by molar-refractivity contribution is 6.30. The first kappa shape index (κ1) is 23.3. The molecule has 3 N–H and O–H groups in total. The van der Waals surface area contributed by atoms with E-state index in [0.717, 1.165) is 5.56 Å². The number of hydrogen-bond donors (Lipinski definition) is 2. The van der Waals surface area contributed by atoms with Gasteiger partial charge in [0.1, 0.15) is 17.8 Å². The Balaban J connectivity index is 1.73. The lowest BCUT2D eigenvalue weighted by atomic mass is 10.0. The van der Waals surface area contributed by atoms with Gasteiger partial charge in [-0.1, -0.05) is 37.6 Å². The lowest BCUT2D eigenvalue weighted by molar-refractivity contribution is -0.154. The highest BCUT2D eigenvalue weighted by atomic mass is 35.5. The first-order valence-electron chi connectivity index (χ1n) is 10.2. The van der Waals surface area contributed by atoms with E-state index in [2.05, 4.69) is 10.4 Å². The maximum atomic E-state index is 12.9. The molecule has 9 nitrogen and oxygen atoms in total. The van der Waals surface area contributed by atoms with Gasteiger partial charge < -0.3 is 20.2 Å². The second-order valence-electron chi connectivity index (χ2n) is 7.83. The summed E-state index contributed by atoms with van der Waals surface area (Å²) in [6.45, 7) is 3.24. The van der Waals surface area contributed by atoms with E-state index in [1.807, 2.05) is 26.0 Å². The first-order valence-corrected chi connectivity index (χ1v) is 10.5. The number of nitrogens with one attached hydrogen (secondary N) is 1. The molecule has 0 saturated heterocycles. The zero-order chi connectivity index (χ0) is 23.3. The SMILES string of the molecule is CC(C)C[C@H](NC(N)=O)C(=O)OCC(=O)N1N=C(c2ccc(Cl)cc2)C[C@@H]1c1ccco1. The maximum absolute atomic E-state index is 12.9. The summed E-state index contributed by atoms with van der Waals surface area (Å²) in [5.74, 6) is -0.596. The Bertz CT molecular complexity index is 988. The topological polar surface area (TPSA) is 127 Å². The van der Waals surface area contributed by atoms with Gasteiger partial charge in [-0.2, -0.15) is 5.10 Å². The number of carbonyl (C=O) groups excluding carboxylic acids is 3. The number of primary amides is 1. The van der Waals surface area contributed by atoms with Crippen molar-refractivity contribution in [1.82, 2.24) is 10.3 Å². The van der Waals surface area contributed by atoms with E-state index >= 15 is 0 Å². The van der Waals surface area contributed by atoms with Crippen molar-refractivity contribution < 1.29 is 23.5 Å². The average Bonchev–Trinajstić information content (AvgIpc) is 3.41. The molecule has 3 rings (SSSR count). The number of nitrogens with zero attached hydrogens (tertiary/aromatic N) is 2. The average molecular weight is 461 g/mol. The summed E-state index contributed by atoms with van der Waals surface area (Å²) >= 11 is 5.96. The molecule has 0 saturated carbocycles. The van der Waals surface area contributed by atoms with E-state index in [1.165, 1.54) is 11.3 Å². The van der Waals surface area contributed by atoms with Crippen LogP contribution in [0.4, 0.5) is 4.79 Å². The number of halogens is 1. The molecule has 0 spiro atoms. The Morgan fingerprint density at radius 2 is 2.00 bits per heavy atom. The van der Waals surface area contributed by atoms with Crippen LogP contribution in [-0.4, -0.2) is 41.3 Å². The number of hydrogen-bond acceptors (Lipinski definition) is 6. The van der Waals surface area contributed by atoms with Gasteiger partial charge in [0.25, 0.3) is 5.91 Å². The summed E-state index contributed by atoms with van der Waals surface area (Å²) in [6.07, 6.45) is 2.27. The summed E-state index contributed by atoms with van der Waals surface area (Å²) in [7, 11) is 0. The Kier molecular flexibility index (Phi) is 7.53. The number of nitrogens with two attached hydrogens (primary N) is 1. The van der Waals surface area contributed by atoms with Gasteiger partial charge in [-0.05, 0) is 42.2 Å². The normalized spacial score (nSPS) is 16.6. The van der Waals surface area contributed by atoms with E-state index in [4.69, 9.17) is 26.5 Å². The van der Waals surface area contributed by atoms with Gasteiger partial charge in [0.2, 0.25) is 0 Å². The Labute approximate surface area is 190 Å². The van der Waals surface area contributed by atoms with E-state index < -0.39 is 36.6 Å². The number of furan rings is 1. The molecule has 3 amide bonds. The molecular formula is C22H25ClN4O5. The first-order chi connectivity index (χ1) is 15.2.